The van der Waals surface area contributed by atoms with Crippen molar-refractivity contribution in [3.8, 4) is 0 Å². The normalized spacial score (nSPS) is 14.3. The smallest absolute Gasteiger partial charge is 0.0334 e. The molecule has 0 radical (unpaired) electrons. The average Bonchev–Trinajstić information content (AvgIpc) is 1.82. The number of unbranched alkanes of at least 4 members (excludes halogenated alkanes) is 1. The Kier molecular flexibility index (Phi) is 5.16. The van der Waals surface area contributed by atoms with E-state index in [9.17, 15) is 0 Å². The van der Waals surface area contributed by atoms with Gasteiger partial charge < -0.3 is 0 Å². The number of hydrogen-bond donors (Lipinski definition) is 0. The molecule has 0 aromatic rings. The Hall–Kier alpha value is 0.217. The van der Waals surface area contributed by atoms with Crippen molar-refractivity contribution in [2.75, 3.05) is 0 Å². The Morgan fingerprint density at radius 2 is 1.89 bits per heavy atom. The molecule has 0 aliphatic rings. The van der Waals surface area contributed by atoms with E-state index >= 15 is 0 Å². The van der Waals surface area contributed by atoms with Gasteiger partial charge in [-0.2, -0.15) is 0 Å². The summed E-state index contributed by atoms with van der Waals surface area (Å²) in [5, 5.41) is 0. The molecule has 1 unspecified atom stereocenters. The Labute approximate surface area is 61.3 Å². The highest BCUT2D eigenvalue weighted by atomic mass is 28.3. The summed E-state index contributed by atoms with van der Waals surface area (Å²) in [4.78, 5) is 0. The van der Waals surface area contributed by atoms with E-state index in [1.165, 1.54) is 19.3 Å². The second-order valence-corrected chi connectivity index (χ2v) is 6.99. The fourth-order valence-electron chi connectivity index (χ4n) is 0.859. The van der Waals surface area contributed by atoms with Gasteiger partial charge in [-0.15, -0.1) is 0 Å². The summed E-state index contributed by atoms with van der Waals surface area (Å²) in [6, 6.07) is 0. The summed E-state index contributed by atoms with van der Waals surface area (Å²) in [7, 11) is -0.296. The van der Waals surface area contributed by atoms with Gasteiger partial charge in [-0.3, -0.25) is 0 Å². The van der Waals surface area contributed by atoms with Crippen LogP contribution < -0.4 is 0 Å². The summed E-state index contributed by atoms with van der Waals surface area (Å²) >= 11 is 0. The molecule has 0 spiro atoms. The number of hydrogen-bond acceptors (Lipinski definition) is 0. The molecule has 0 heterocycles. The Morgan fingerprint density at radius 1 is 1.33 bits per heavy atom. The van der Waals surface area contributed by atoms with Gasteiger partial charge in [-0.1, -0.05) is 51.7 Å². The molecule has 1 atom stereocenters. The zero-order valence-corrected chi connectivity index (χ0v) is 8.43. The van der Waals surface area contributed by atoms with E-state index in [4.69, 9.17) is 0 Å². The van der Waals surface area contributed by atoms with E-state index in [0.29, 0.717) is 0 Å². The van der Waals surface area contributed by atoms with Crippen molar-refractivity contribution in [3.63, 3.8) is 0 Å². The van der Waals surface area contributed by atoms with Gasteiger partial charge in [0, 0.05) is 8.80 Å². The molecule has 0 aromatic carbocycles. The lowest BCUT2D eigenvalue weighted by Gasteiger charge is -2.12. The van der Waals surface area contributed by atoms with Gasteiger partial charge in [-0.05, 0) is 0 Å². The average molecular weight is 144 g/mol. The maximum absolute atomic E-state index is 2.44. The summed E-state index contributed by atoms with van der Waals surface area (Å²) in [5.74, 6) is 0. The lowest BCUT2D eigenvalue weighted by Crippen LogP contribution is -2.07. The second kappa shape index (κ2) is 5.04. The lowest BCUT2D eigenvalue weighted by molar-refractivity contribution is 0.692. The summed E-state index contributed by atoms with van der Waals surface area (Å²) in [5.41, 5.74) is 1.06. The first kappa shape index (κ1) is 9.22. The monoisotopic (exact) mass is 144 g/mol. The van der Waals surface area contributed by atoms with Crippen LogP contribution in [-0.2, 0) is 0 Å². The molecule has 9 heavy (non-hydrogen) atoms. The van der Waals surface area contributed by atoms with E-state index in [2.05, 4.69) is 26.9 Å². The molecular weight excluding hydrogens is 124 g/mol. The predicted molar refractivity (Wildman–Crippen MR) is 47.8 cm³/mol. The van der Waals surface area contributed by atoms with Crippen molar-refractivity contribution in [2.45, 2.75) is 51.7 Å². The molecule has 0 aliphatic carbocycles. The van der Waals surface area contributed by atoms with Crippen molar-refractivity contribution < 1.29 is 0 Å². The van der Waals surface area contributed by atoms with Gasteiger partial charge >= 0.3 is 0 Å². The molecule has 0 nitrogen and oxygen atoms in total. The minimum atomic E-state index is -0.296. The third-order valence-corrected chi connectivity index (χ3v) is 4.76. The van der Waals surface area contributed by atoms with Crippen LogP contribution in [0.4, 0.5) is 0 Å². The molecule has 0 saturated carbocycles. The van der Waals surface area contributed by atoms with Gasteiger partial charge in [0.1, 0.15) is 0 Å². The highest BCUT2D eigenvalue weighted by molar-refractivity contribution is 6.57. The van der Waals surface area contributed by atoms with Crippen LogP contribution in [0.15, 0.2) is 0 Å². The topological polar surface area (TPSA) is 0 Å². The zero-order chi connectivity index (χ0) is 7.28. The lowest BCUT2D eigenvalue weighted by atomic mass is 10.2. The van der Waals surface area contributed by atoms with E-state index in [1.54, 1.807) is 0 Å². The van der Waals surface area contributed by atoms with Crippen molar-refractivity contribution in [3.05, 3.63) is 0 Å². The Bertz CT molecular complexity index is 59.6. The van der Waals surface area contributed by atoms with Gasteiger partial charge in [0.2, 0.25) is 0 Å². The van der Waals surface area contributed by atoms with Crippen LogP contribution in [0.3, 0.4) is 0 Å². The van der Waals surface area contributed by atoms with E-state index < -0.39 is 0 Å². The standard InChI is InChI=1S/C8H20Si/c1-5-6-7-8(2)9(3)4/h8-9H,5-7H2,1-4H3. The van der Waals surface area contributed by atoms with Crippen molar-refractivity contribution in [2.24, 2.45) is 0 Å². The molecule has 0 N–H and O–H groups in total. The van der Waals surface area contributed by atoms with Crippen molar-refractivity contribution in [1.29, 1.82) is 0 Å². The van der Waals surface area contributed by atoms with Crippen molar-refractivity contribution in [1.82, 2.24) is 0 Å². The van der Waals surface area contributed by atoms with Crippen LogP contribution in [0, 0.1) is 0 Å². The molecule has 1 heteroatoms. The molecule has 0 rings (SSSR count). The largest absolute Gasteiger partial charge is 0.0720 e. The fraction of sp³-hybridized carbons (Fsp3) is 1.00. The SMILES string of the molecule is CCCCC(C)[SiH](C)C. The minimum Gasteiger partial charge on any atom is -0.0720 e. The second-order valence-electron chi connectivity index (χ2n) is 3.36. The molecule has 56 valence electrons. The van der Waals surface area contributed by atoms with Crippen LogP contribution in [0.2, 0.25) is 18.6 Å². The Balaban J connectivity index is 3.16. The van der Waals surface area contributed by atoms with E-state index in [-0.39, 0.29) is 8.80 Å². The van der Waals surface area contributed by atoms with Gasteiger partial charge in [0.25, 0.3) is 0 Å². The summed E-state index contributed by atoms with van der Waals surface area (Å²) in [6.07, 6.45) is 4.28. The van der Waals surface area contributed by atoms with Crippen LogP contribution in [0.25, 0.3) is 0 Å². The van der Waals surface area contributed by atoms with E-state index in [0.717, 1.165) is 5.54 Å². The molecule has 0 aromatic heterocycles. The molecule has 0 fully saturated rings. The third kappa shape index (κ3) is 4.70. The minimum absolute atomic E-state index is 0.296. The van der Waals surface area contributed by atoms with Crippen LogP contribution in [0.5, 0.6) is 0 Å². The molecule has 0 aliphatic heterocycles. The molecule has 0 bridgehead atoms. The predicted octanol–water partition coefficient (Wildman–Crippen LogP) is 3.05. The van der Waals surface area contributed by atoms with Crippen molar-refractivity contribution >= 4 is 8.80 Å². The van der Waals surface area contributed by atoms with Crippen LogP contribution in [-0.4, -0.2) is 8.80 Å². The maximum Gasteiger partial charge on any atom is 0.0334 e. The van der Waals surface area contributed by atoms with Gasteiger partial charge in [0.05, 0.1) is 0 Å². The van der Waals surface area contributed by atoms with E-state index in [1.807, 2.05) is 0 Å². The fourth-order valence-corrected chi connectivity index (χ4v) is 1.76. The Morgan fingerprint density at radius 3 is 2.22 bits per heavy atom. The third-order valence-electron chi connectivity index (χ3n) is 2.15. The van der Waals surface area contributed by atoms with Gasteiger partial charge in [-0.25, -0.2) is 0 Å². The quantitative estimate of drug-likeness (QED) is 0.532. The highest BCUT2D eigenvalue weighted by Crippen LogP contribution is 2.16. The maximum atomic E-state index is 2.44. The van der Waals surface area contributed by atoms with Crippen LogP contribution >= 0.6 is 0 Å². The molecule has 0 amide bonds. The number of rotatable bonds is 4. The first-order valence-electron chi connectivity index (χ1n) is 4.18. The highest BCUT2D eigenvalue weighted by Gasteiger charge is 2.05. The summed E-state index contributed by atoms with van der Waals surface area (Å²) < 4.78 is 0. The van der Waals surface area contributed by atoms with Crippen LogP contribution in [0.1, 0.15) is 33.1 Å². The molecule has 0 saturated heterocycles. The van der Waals surface area contributed by atoms with Gasteiger partial charge in [0.15, 0.2) is 0 Å². The first-order chi connectivity index (χ1) is 4.18. The summed E-state index contributed by atoms with van der Waals surface area (Å²) in [6.45, 7) is 9.57. The zero-order valence-electron chi connectivity index (χ0n) is 7.28. The molecular formula is C8H20Si. The first-order valence-corrected chi connectivity index (χ1v) is 7.16.